The number of amides is 1. The molecule has 34 heavy (non-hydrogen) atoms. The van der Waals surface area contributed by atoms with Gasteiger partial charge < -0.3 is 14.6 Å². The Labute approximate surface area is 198 Å². The van der Waals surface area contributed by atoms with Crippen LogP contribution in [0.1, 0.15) is 30.3 Å². The predicted molar refractivity (Wildman–Crippen MR) is 124 cm³/mol. The number of carbonyl (C=O) groups excluding carboxylic acids is 1. The number of methoxy groups -OCH3 is 1. The topological polar surface area (TPSA) is 93.5 Å². The third-order valence-corrected chi connectivity index (χ3v) is 8.06. The standard InChI is InChI=1S/C24H27FN4O4S/c1-28-16-13-26-23(28)22(17-7-9-19(33-2)10-8-17)27-24(30)18-11-14-29(15-12-18)34(31,32)21-6-4-3-5-20(21)25/h3-10,13,16,18,22H,11-12,14-15H2,1-2H3,(H,27,30)/t22-/m0/s1. The van der Waals surface area contributed by atoms with Gasteiger partial charge in [0.1, 0.15) is 28.3 Å². The van der Waals surface area contributed by atoms with Crippen molar-refractivity contribution < 1.29 is 22.3 Å². The van der Waals surface area contributed by atoms with Gasteiger partial charge in [0, 0.05) is 38.4 Å². The van der Waals surface area contributed by atoms with Gasteiger partial charge in [-0.3, -0.25) is 4.79 Å². The van der Waals surface area contributed by atoms with Crippen molar-refractivity contribution in [1.29, 1.82) is 0 Å². The molecule has 1 atom stereocenters. The van der Waals surface area contributed by atoms with Crippen LogP contribution in [0.5, 0.6) is 5.75 Å². The molecule has 1 N–H and O–H groups in total. The molecule has 180 valence electrons. The van der Waals surface area contributed by atoms with Gasteiger partial charge in [0.2, 0.25) is 15.9 Å². The number of rotatable bonds is 7. The third-order valence-electron chi connectivity index (χ3n) is 6.13. The molecule has 1 amide bonds. The highest BCUT2D eigenvalue weighted by molar-refractivity contribution is 7.89. The lowest BCUT2D eigenvalue weighted by molar-refractivity contribution is -0.126. The van der Waals surface area contributed by atoms with Crippen LogP contribution in [0, 0.1) is 11.7 Å². The van der Waals surface area contributed by atoms with Crippen molar-refractivity contribution in [3.8, 4) is 5.75 Å². The summed E-state index contributed by atoms with van der Waals surface area (Å²) in [5.74, 6) is 0.0646. The zero-order valence-electron chi connectivity index (χ0n) is 19.0. The molecule has 0 aliphatic carbocycles. The molecule has 1 aromatic heterocycles. The normalized spacial score (nSPS) is 16.2. The van der Waals surface area contributed by atoms with E-state index in [9.17, 15) is 17.6 Å². The van der Waals surface area contributed by atoms with Gasteiger partial charge in [-0.25, -0.2) is 17.8 Å². The molecule has 2 heterocycles. The summed E-state index contributed by atoms with van der Waals surface area (Å²) in [4.78, 5) is 17.3. The fraction of sp³-hybridized carbons (Fsp3) is 0.333. The lowest BCUT2D eigenvalue weighted by Gasteiger charge is -2.31. The molecule has 3 aromatic rings. The number of hydrogen-bond donors (Lipinski definition) is 1. The van der Waals surface area contributed by atoms with Crippen LogP contribution in [-0.4, -0.2) is 48.4 Å². The summed E-state index contributed by atoms with van der Waals surface area (Å²) in [6.07, 6.45) is 4.17. The van der Waals surface area contributed by atoms with E-state index >= 15 is 0 Å². The van der Waals surface area contributed by atoms with E-state index in [1.54, 1.807) is 13.3 Å². The summed E-state index contributed by atoms with van der Waals surface area (Å²) in [6.45, 7) is 0.286. The molecule has 1 aliphatic heterocycles. The van der Waals surface area contributed by atoms with Gasteiger partial charge in [0.15, 0.2) is 0 Å². The van der Waals surface area contributed by atoms with E-state index in [1.807, 2.05) is 42.1 Å². The smallest absolute Gasteiger partial charge is 0.245 e. The van der Waals surface area contributed by atoms with E-state index in [2.05, 4.69) is 10.3 Å². The molecule has 1 aliphatic rings. The van der Waals surface area contributed by atoms with Crippen LogP contribution in [0.25, 0.3) is 0 Å². The van der Waals surface area contributed by atoms with Crippen molar-refractivity contribution in [2.75, 3.05) is 20.2 Å². The number of piperidine rings is 1. The van der Waals surface area contributed by atoms with Gasteiger partial charge in [-0.1, -0.05) is 24.3 Å². The molecule has 1 saturated heterocycles. The fourth-order valence-electron chi connectivity index (χ4n) is 4.16. The maximum atomic E-state index is 14.1. The zero-order chi connectivity index (χ0) is 24.3. The first kappa shape index (κ1) is 23.9. The van der Waals surface area contributed by atoms with Crippen LogP contribution in [0.3, 0.4) is 0 Å². The molecule has 1 fully saturated rings. The Hall–Kier alpha value is -3.24. The Morgan fingerprint density at radius 2 is 1.82 bits per heavy atom. The van der Waals surface area contributed by atoms with E-state index in [0.717, 1.165) is 11.6 Å². The van der Waals surface area contributed by atoms with Crippen LogP contribution < -0.4 is 10.1 Å². The van der Waals surface area contributed by atoms with Crippen LogP contribution in [-0.2, 0) is 21.9 Å². The van der Waals surface area contributed by atoms with Crippen molar-refractivity contribution in [3.05, 3.63) is 78.1 Å². The maximum absolute atomic E-state index is 14.1. The molecule has 0 unspecified atom stereocenters. The van der Waals surface area contributed by atoms with E-state index < -0.39 is 21.9 Å². The Balaban J connectivity index is 1.47. The first-order valence-electron chi connectivity index (χ1n) is 11.0. The van der Waals surface area contributed by atoms with Gasteiger partial charge in [-0.15, -0.1) is 0 Å². The van der Waals surface area contributed by atoms with E-state index in [-0.39, 0.29) is 29.8 Å². The molecule has 2 aromatic carbocycles. The summed E-state index contributed by atoms with van der Waals surface area (Å²) in [5.41, 5.74) is 0.850. The first-order chi connectivity index (χ1) is 16.3. The van der Waals surface area contributed by atoms with Gasteiger partial charge in [0.25, 0.3) is 0 Å². The number of nitrogens with zero attached hydrogens (tertiary/aromatic N) is 3. The van der Waals surface area contributed by atoms with Crippen molar-refractivity contribution >= 4 is 15.9 Å². The summed E-state index contributed by atoms with van der Waals surface area (Å²) in [6, 6.07) is 12.3. The number of benzene rings is 2. The molecule has 0 bridgehead atoms. The summed E-state index contributed by atoms with van der Waals surface area (Å²) < 4.78 is 48.1. The van der Waals surface area contributed by atoms with Crippen LogP contribution in [0.4, 0.5) is 4.39 Å². The second-order valence-corrected chi connectivity index (χ2v) is 10.1. The highest BCUT2D eigenvalue weighted by Gasteiger charge is 2.34. The van der Waals surface area contributed by atoms with Crippen molar-refractivity contribution in [3.63, 3.8) is 0 Å². The molecular weight excluding hydrogens is 459 g/mol. The Morgan fingerprint density at radius 3 is 2.41 bits per heavy atom. The van der Waals surface area contributed by atoms with Crippen LogP contribution in [0.15, 0.2) is 65.8 Å². The van der Waals surface area contributed by atoms with Gasteiger partial charge in [-0.05, 0) is 42.7 Å². The van der Waals surface area contributed by atoms with Gasteiger partial charge in [0.05, 0.1) is 7.11 Å². The molecule has 4 rings (SSSR count). The van der Waals surface area contributed by atoms with Gasteiger partial charge >= 0.3 is 0 Å². The largest absolute Gasteiger partial charge is 0.497 e. The second-order valence-electron chi connectivity index (χ2n) is 8.22. The second kappa shape index (κ2) is 9.94. The average molecular weight is 487 g/mol. The molecule has 10 heteroatoms. The SMILES string of the molecule is COc1ccc([C@H](NC(=O)C2CCN(S(=O)(=O)c3ccccc3F)CC2)c2nccn2C)cc1. The summed E-state index contributed by atoms with van der Waals surface area (Å²) in [5, 5.41) is 3.09. The number of sulfonamides is 1. The first-order valence-corrected chi connectivity index (χ1v) is 12.4. The number of halogens is 1. The quantitative estimate of drug-likeness (QED) is 0.554. The van der Waals surface area contributed by atoms with Crippen LogP contribution >= 0.6 is 0 Å². The molecule has 0 saturated carbocycles. The number of aryl methyl sites for hydroxylation is 1. The van der Waals surface area contributed by atoms with Crippen molar-refractivity contribution in [2.45, 2.75) is 23.8 Å². The van der Waals surface area contributed by atoms with Crippen molar-refractivity contribution in [1.82, 2.24) is 19.2 Å². The number of carbonyl (C=O) groups is 1. The number of aromatic nitrogens is 2. The maximum Gasteiger partial charge on any atom is 0.245 e. The lowest BCUT2D eigenvalue weighted by Crippen LogP contribution is -2.44. The predicted octanol–water partition coefficient (Wildman–Crippen LogP) is 2.87. The highest BCUT2D eigenvalue weighted by atomic mass is 32.2. The van der Waals surface area contributed by atoms with Crippen LogP contribution in [0.2, 0.25) is 0 Å². The number of imidazole rings is 1. The Morgan fingerprint density at radius 1 is 1.15 bits per heavy atom. The van der Waals surface area contributed by atoms with Crippen molar-refractivity contribution in [2.24, 2.45) is 13.0 Å². The average Bonchev–Trinajstić information content (AvgIpc) is 3.28. The zero-order valence-corrected chi connectivity index (χ0v) is 19.8. The Kier molecular flexibility index (Phi) is 6.99. The minimum Gasteiger partial charge on any atom is -0.497 e. The monoisotopic (exact) mass is 486 g/mol. The van der Waals surface area contributed by atoms with E-state index in [1.165, 1.54) is 22.5 Å². The van der Waals surface area contributed by atoms with E-state index in [0.29, 0.717) is 24.4 Å². The Bertz CT molecular complexity index is 1250. The summed E-state index contributed by atoms with van der Waals surface area (Å²) in [7, 11) is -0.507. The molecular formula is C24H27FN4O4S. The number of ether oxygens (including phenoxy) is 1. The van der Waals surface area contributed by atoms with Gasteiger partial charge in [-0.2, -0.15) is 4.31 Å². The number of nitrogens with one attached hydrogen (secondary N) is 1. The summed E-state index contributed by atoms with van der Waals surface area (Å²) >= 11 is 0. The fourth-order valence-corrected chi connectivity index (χ4v) is 5.69. The minimum absolute atomic E-state index is 0.143. The molecule has 8 nitrogen and oxygen atoms in total. The lowest BCUT2D eigenvalue weighted by atomic mass is 9.96. The van der Waals surface area contributed by atoms with E-state index in [4.69, 9.17) is 4.74 Å². The number of hydrogen-bond acceptors (Lipinski definition) is 5. The third kappa shape index (κ3) is 4.83. The highest BCUT2D eigenvalue weighted by Crippen LogP contribution is 2.28. The molecule has 0 radical (unpaired) electrons. The minimum atomic E-state index is -3.95. The molecule has 0 spiro atoms.